The van der Waals surface area contributed by atoms with Gasteiger partial charge in [-0.05, 0) is 37.6 Å². The first-order chi connectivity index (χ1) is 8.58. The van der Waals surface area contributed by atoms with Crippen LogP contribution in [-0.2, 0) is 0 Å². The van der Waals surface area contributed by atoms with E-state index < -0.39 is 0 Å². The van der Waals surface area contributed by atoms with Gasteiger partial charge in [0.05, 0.1) is 10.3 Å². The summed E-state index contributed by atoms with van der Waals surface area (Å²) in [5.41, 5.74) is 1.71. The maximum Gasteiger partial charge on any atom is 0.265 e. The minimum absolute atomic E-state index is 0.0853. The Bertz CT molecular complexity index is 562. The predicted octanol–water partition coefficient (Wildman–Crippen LogP) is 4.61. The molecule has 0 aliphatic rings. The number of carbonyl (C=O) groups excluding carboxylic acids is 1. The number of hydrogen-bond donors (Lipinski definition) is 1. The quantitative estimate of drug-likeness (QED) is 0.817. The van der Waals surface area contributed by atoms with Gasteiger partial charge in [-0.15, -0.1) is 22.9 Å². The van der Waals surface area contributed by atoms with Crippen molar-refractivity contribution in [3.05, 3.63) is 51.7 Å². The first-order valence-corrected chi connectivity index (χ1v) is 6.94. The molecule has 0 radical (unpaired) electrons. The third-order valence-corrected chi connectivity index (χ3v) is 3.84. The van der Waals surface area contributed by atoms with Crippen LogP contribution in [0.4, 0.5) is 5.69 Å². The van der Waals surface area contributed by atoms with E-state index in [0.717, 1.165) is 16.1 Å². The maximum atomic E-state index is 12.1. The van der Waals surface area contributed by atoms with E-state index in [1.54, 1.807) is 0 Å². The van der Waals surface area contributed by atoms with Crippen molar-refractivity contribution in [2.24, 2.45) is 0 Å². The summed E-state index contributed by atoms with van der Waals surface area (Å²) < 4.78 is 0. The molecule has 1 unspecified atom stereocenters. The van der Waals surface area contributed by atoms with Crippen molar-refractivity contribution < 1.29 is 4.79 Å². The average molecular weight is 280 g/mol. The monoisotopic (exact) mass is 279 g/mol. The number of nitrogens with one attached hydrogen (secondary N) is 1. The van der Waals surface area contributed by atoms with E-state index in [2.05, 4.69) is 5.32 Å². The number of thiophene rings is 1. The van der Waals surface area contributed by atoms with Crippen LogP contribution in [0.2, 0.25) is 0 Å². The van der Waals surface area contributed by atoms with E-state index >= 15 is 0 Å². The molecule has 1 heterocycles. The minimum Gasteiger partial charge on any atom is -0.321 e. The summed E-state index contributed by atoms with van der Waals surface area (Å²) in [5.74, 6) is -0.0853. The summed E-state index contributed by atoms with van der Waals surface area (Å²) in [6.45, 7) is 3.87. The number of para-hydroxylation sites is 1. The molecule has 4 heteroatoms. The van der Waals surface area contributed by atoms with Gasteiger partial charge in [-0.25, -0.2) is 0 Å². The van der Waals surface area contributed by atoms with Crippen molar-refractivity contribution in [1.82, 2.24) is 0 Å². The second-order valence-electron chi connectivity index (χ2n) is 4.07. The topological polar surface area (TPSA) is 29.1 Å². The Balaban J connectivity index is 2.22. The average Bonchev–Trinajstić information content (AvgIpc) is 2.76. The number of benzene rings is 1. The molecule has 18 heavy (non-hydrogen) atoms. The lowest BCUT2D eigenvalue weighted by Crippen LogP contribution is -2.11. The van der Waals surface area contributed by atoms with Crippen LogP contribution in [0, 0.1) is 6.92 Å². The van der Waals surface area contributed by atoms with E-state index in [9.17, 15) is 4.79 Å². The normalized spacial score (nSPS) is 12.2. The largest absolute Gasteiger partial charge is 0.321 e. The number of amides is 1. The number of hydrogen-bond acceptors (Lipinski definition) is 2. The standard InChI is InChI=1S/C14H14ClNOS/c1-9-7-8-13(18-9)14(17)16-12-6-4-3-5-11(12)10(2)15/h3-8,10H,1-2H3,(H,16,17). The zero-order valence-electron chi connectivity index (χ0n) is 10.2. The van der Waals surface area contributed by atoms with Crippen molar-refractivity contribution >= 4 is 34.5 Å². The van der Waals surface area contributed by atoms with Crippen LogP contribution in [0.1, 0.15) is 32.4 Å². The Labute approximate surface area is 116 Å². The fraction of sp³-hybridized carbons (Fsp3) is 0.214. The van der Waals surface area contributed by atoms with Crippen molar-refractivity contribution in [2.75, 3.05) is 5.32 Å². The summed E-state index contributed by atoms with van der Waals surface area (Å²) in [6, 6.07) is 11.4. The van der Waals surface area contributed by atoms with Gasteiger partial charge in [0.1, 0.15) is 0 Å². The van der Waals surface area contributed by atoms with E-state index in [1.165, 1.54) is 11.3 Å². The molecule has 1 aromatic carbocycles. The van der Waals surface area contributed by atoms with Gasteiger partial charge in [-0.2, -0.15) is 0 Å². The number of aryl methyl sites for hydroxylation is 1. The van der Waals surface area contributed by atoms with Gasteiger partial charge in [-0.1, -0.05) is 18.2 Å². The number of halogens is 1. The summed E-state index contributed by atoms with van der Waals surface area (Å²) in [5, 5.41) is 2.78. The fourth-order valence-corrected chi connectivity index (χ4v) is 2.65. The summed E-state index contributed by atoms with van der Waals surface area (Å²) in [6.07, 6.45) is 0. The highest BCUT2D eigenvalue weighted by atomic mass is 35.5. The lowest BCUT2D eigenvalue weighted by atomic mass is 10.1. The van der Waals surface area contributed by atoms with Crippen molar-refractivity contribution in [2.45, 2.75) is 19.2 Å². The van der Waals surface area contributed by atoms with Gasteiger partial charge >= 0.3 is 0 Å². The molecule has 0 spiro atoms. The molecular weight excluding hydrogens is 266 g/mol. The Morgan fingerprint density at radius 1 is 1.28 bits per heavy atom. The van der Waals surface area contributed by atoms with Crippen molar-refractivity contribution in [1.29, 1.82) is 0 Å². The molecule has 0 saturated carbocycles. The van der Waals surface area contributed by atoms with Crippen molar-refractivity contribution in [3.63, 3.8) is 0 Å². The van der Waals surface area contributed by atoms with Crippen molar-refractivity contribution in [3.8, 4) is 0 Å². The number of anilines is 1. The molecule has 2 rings (SSSR count). The smallest absolute Gasteiger partial charge is 0.265 e. The number of alkyl halides is 1. The second-order valence-corrected chi connectivity index (χ2v) is 6.01. The lowest BCUT2D eigenvalue weighted by Gasteiger charge is -2.11. The number of carbonyl (C=O) groups is 1. The molecule has 1 N–H and O–H groups in total. The first-order valence-electron chi connectivity index (χ1n) is 5.68. The molecule has 1 atom stereocenters. The Morgan fingerprint density at radius 2 is 2.00 bits per heavy atom. The summed E-state index contributed by atoms with van der Waals surface area (Å²) in [4.78, 5) is 13.9. The Hall–Kier alpha value is -1.32. The van der Waals surface area contributed by atoms with E-state index in [1.807, 2.05) is 50.2 Å². The SMILES string of the molecule is Cc1ccc(C(=O)Nc2ccccc2C(C)Cl)s1. The highest BCUT2D eigenvalue weighted by molar-refractivity contribution is 7.14. The molecule has 0 aliphatic carbocycles. The zero-order chi connectivity index (χ0) is 13.1. The molecule has 1 amide bonds. The highest BCUT2D eigenvalue weighted by Crippen LogP contribution is 2.27. The molecule has 2 aromatic rings. The third-order valence-electron chi connectivity index (χ3n) is 2.60. The van der Waals surface area contributed by atoms with E-state index in [-0.39, 0.29) is 11.3 Å². The van der Waals surface area contributed by atoms with Crippen LogP contribution in [0.5, 0.6) is 0 Å². The second kappa shape index (κ2) is 5.55. The predicted molar refractivity (Wildman–Crippen MR) is 77.7 cm³/mol. The zero-order valence-corrected chi connectivity index (χ0v) is 11.8. The fourth-order valence-electron chi connectivity index (χ4n) is 1.70. The molecule has 94 valence electrons. The molecule has 2 nitrogen and oxygen atoms in total. The molecule has 0 bridgehead atoms. The van der Waals surface area contributed by atoms with Gasteiger partial charge in [-0.3, -0.25) is 4.79 Å². The van der Waals surface area contributed by atoms with E-state index in [4.69, 9.17) is 11.6 Å². The minimum atomic E-state index is -0.133. The third kappa shape index (κ3) is 2.92. The van der Waals surface area contributed by atoms with E-state index in [0.29, 0.717) is 4.88 Å². The molecule has 0 aliphatic heterocycles. The van der Waals surface area contributed by atoms with Gasteiger partial charge < -0.3 is 5.32 Å². The molecule has 0 saturated heterocycles. The Morgan fingerprint density at radius 3 is 2.61 bits per heavy atom. The van der Waals surface area contributed by atoms with Crippen LogP contribution in [0.25, 0.3) is 0 Å². The van der Waals surface area contributed by atoms with Gasteiger partial charge in [0.2, 0.25) is 0 Å². The number of rotatable bonds is 3. The molecule has 0 fully saturated rings. The van der Waals surface area contributed by atoms with Crippen LogP contribution in [-0.4, -0.2) is 5.91 Å². The lowest BCUT2D eigenvalue weighted by molar-refractivity contribution is 0.103. The van der Waals surface area contributed by atoms with Crippen LogP contribution in [0.15, 0.2) is 36.4 Å². The van der Waals surface area contributed by atoms with Gasteiger partial charge in [0, 0.05) is 10.6 Å². The molecular formula is C14H14ClNOS. The summed E-state index contributed by atoms with van der Waals surface area (Å²) >= 11 is 7.58. The van der Waals surface area contributed by atoms with Crippen LogP contribution >= 0.6 is 22.9 Å². The Kier molecular flexibility index (Phi) is 4.04. The van der Waals surface area contributed by atoms with Gasteiger partial charge in [0.15, 0.2) is 0 Å². The maximum absolute atomic E-state index is 12.1. The highest BCUT2D eigenvalue weighted by Gasteiger charge is 2.12. The first kappa shape index (κ1) is 13.1. The molecule has 1 aromatic heterocycles. The van der Waals surface area contributed by atoms with Crippen LogP contribution < -0.4 is 5.32 Å². The van der Waals surface area contributed by atoms with Crippen LogP contribution in [0.3, 0.4) is 0 Å². The van der Waals surface area contributed by atoms with Gasteiger partial charge in [0.25, 0.3) is 5.91 Å². The summed E-state index contributed by atoms with van der Waals surface area (Å²) in [7, 11) is 0.